The molecule has 1 N–H and O–H groups in total. The van der Waals surface area contributed by atoms with Crippen molar-refractivity contribution < 1.29 is 14.4 Å². The number of carbonyl (C=O) groups excluding carboxylic acids is 3. The van der Waals surface area contributed by atoms with E-state index in [1.807, 2.05) is 5.38 Å². The predicted molar refractivity (Wildman–Crippen MR) is 117 cm³/mol. The molecule has 1 saturated carbocycles. The average molecular weight is 426 g/mol. The molecular formula is C23H27N3O3S. The van der Waals surface area contributed by atoms with Gasteiger partial charge in [0.25, 0.3) is 0 Å². The molecule has 1 aromatic carbocycles. The van der Waals surface area contributed by atoms with Crippen LogP contribution in [0.25, 0.3) is 11.3 Å². The van der Waals surface area contributed by atoms with E-state index < -0.39 is 0 Å². The van der Waals surface area contributed by atoms with Crippen LogP contribution in [0.3, 0.4) is 0 Å². The van der Waals surface area contributed by atoms with Crippen molar-refractivity contribution in [2.24, 2.45) is 11.8 Å². The topological polar surface area (TPSA) is 79.4 Å². The number of nitrogens with zero attached hydrogens (tertiary/aromatic N) is 2. The molecule has 1 aliphatic heterocycles. The van der Waals surface area contributed by atoms with E-state index in [1.165, 1.54) is 21.8 Å². The van der Waals surface area contributed by atoms with Crippen LogP contribution in [-0.4, -0.2) is 34.2 Å². The molecule has 1 aliphatic carbocycles. The number of nitrogens with one attached hydrogen (secondary N) is 1. The number of thiazole rings is 1. The lowest BCUT2D eigenvalue weighted by molar-refractivity contribution is -0.140. The Kier molecular flexibility index (Phi) is 5.73. The van der Waals surface area contributed by atoms with Gasteiger partial charge < -0.3 is 5.32 Å². The van der Waals surface area contributed by atoms with Gasteiger partial charge in [-0.05, 0) is 44.7 Å². The second-order valence-electron chi connectivity index (χ2n) is 8.44. The Morgan fingerprint density at radius 2 is 1.70 bits per heavy atom. The van der Waals surface area contributed by atoms with Crippen LogP contribution in [-0.2, 0) is 14.4 Å². The van der Waals surface area contributed by atoms with Crippen molar-refractivity contribution in [1.29, 1.82) is 0 Å². The number of aryl methyl sites for hydroxylation is 3. The quantitative estimate of drug-likeness (QED) is 0.727. The summed E-state index contributed by atoms with van der Waals surface area (Å²) in [6.45, 7) is 6.34. The van der Waals surface area contributed by atoms with Gasteiger partial charge in [-0.3, -0.25) is 19.3 Å². The summed E-state index contributed by atoms with van der Waals surface area (Å²) >= 11 is 1.38. The fourth-order valence-electron chi connectivity index (χ4n) is 4.88. The Bertz CT molecular complexity index is 966. The van der Waals surface area contributed by atoms with Crippen LogP contribution in [0.1, 0.15) is 48.8 Å². The smallest absolute Gasteiger partial charge is 0.233 e. The van der Waals surface area contributed by atoms with Crippen LogP contribution in [0, 0.1) is 32.6 Å². The first-order valence-corrected chi connectivity index (χ1v) is 11.4. The first kappa shape index (κ1) is 20.7. The van der Waals surface area contributed by atoms with Crippen molar-refractivity contribution in [1.82, 2.24) is 9.88 Å². The van der Waals surface area contributed by atoms with Gasteiger partial charge in [0, 0.05) is 23.9 Å². The van der Waals surface area contributed by atoms with E-state index >= 15 is 0 Å². The first-order chi connectivity index (χ1) is 14.3. The Balaban J connectivity index is 1.38. The molecule has 3 amide bonds. The maximum absolute atomic E-state index is 12.5. The number of rotatable bonds is 5. The van der Waals surface area contributed by atoms with E-state index in [1.54, 1.807) is 0 Å². The standard InChI is InChI=1S/C23H27N3O3S/c1-13-10-14(2)20(15(3)11-13)18-12-30-23(24-18)25-19(27)8-9-26-21(28)16-6-4-5-7-17(16)22(26)29/h10-12,16-17H,4-9H2,1-3H3,(H,24,25,27). The molecule has 4 rings (SSSR count). The minimum absolute atomic E-state index is 0.0917. The average Bonchev–Trinajstić information content (AvgIpc) is 3.23. The Labute approximate surface area is 180 Å². The highest BCUT2D eigenvalue weighted by atomic mass is 32.1. The lowest BCUT2D eigenvalue weighted by atomic mass is 9.81. The molecule has 158 valence electrons. The highest BCUT2D eigenvalue weighted by Gasteiger charge is 2.47. The zero-order chi connectivity index (χ0) is 21.4. The van der Waals surface area contributed by atoms with Crippen LogP contribution in [0.5, 0.6) is 0 Å². The van der Waals surface area contributed by atoms with Crippen molar-refractivity contribution in [3.8, 4) is 11.3 Å². The monoisotopic (exact) mass is 425 g/mol. The maximum Gasteiger partial charge on any atom is 0.233 e. The van der Waals surface area contributed by atoms with Crippen LogP contribution in [0.4, 0.5) is 5.13 Å². The second-order valence-corrected chi connectivity index (χ2v) is 9.29. The number of amides is 3. The van der Waals surface area contributed by atoms with Gasteiger partial charge in [-0.2, -0.15) is 0 Å². The molecule has 2 aliphatic rings. The van der Waals surface area contributed by atoms with Gasteiger partial charge in [-0.25, -0.2) is 4.98 Å². The summed E-state index contributed by atoms with van der Waals surface area (Å²) < 4.78 is 0. The number of imide groups is 1. The SMILES string of the molecule is Cc1cc(C)c(-c2csc(NC(=O)CCN3C(=O)C4CCCCC4C3=O)n2)c(C)c1. The molecule has 2 fully saturated rings. The molecule has 2 heterocycles. The van der Waals surface area contributed by atoms with Gasteiger partial charge in [0.15, 0.2) is 5.13 Å². The predicted octanol–water partition coefficient (Wildman–Crippen LogP) is 4.24. The van der Waals surface area contributed by atoms with Gasteiger partial charge in [-0.1, -0.05) is 30.5 Å². The summed E-state index contributed by atoms with van der Waals surface area (Å²) in [6.07, 6.45) is 3.67. The van der Waals surface area contributed by atoms with E-state index in [0.717, 1.165) is 48.1 Å². The van der Waals surface area contributed by atoms with Crippen LogP contribution >= 0.6 is 11.3 Å². The molecule has 2 aromatic rings. The molecule has 7 heteroatoms. The number of fused-ring (bicyclic) bond motifs is 1. The molecule has 0 spiro atoms. The van der Waals surface area contributed by atoms with Crippen molar-refractivity contribution in [3.63, 3.8) is 0 Å². The van der Waals surface area contributed by atoms with Crippen molar-refractivity contribution >= 4 is 34.2 Å². The summed E-state index contributed by atoms with van der Waals surface area (Å²) in [7, 11) is 0. The molecule has 1 saturated heterocycles. The second kappa shape index (κ2) is 8.30. The number of anilines is 1. The van der Waals surface area contributed by atoms with E-state index in [9.17, 15) is 14.4 Å². The molecule has 1 aromatic heterocycles. The summed E-state index contributed by atoms with van der Waals surface area (Å²) in [5.41, 5.74) is 5.46. The van der Waals surface area contributed by atoms with Crippen LogP contribution in [0.15, 0.2) is 17.5 Å². The fraction of sp³-hybridized carbons (Fsp3) is 0.478. The number of aromatic nitrogens is 1. The van der Waals surface area contributed by atoms with Crippen molar-refractivity contribution in [2.45, 2.75) is 52.9 Å². The van der Waals surface area contributed by atoms with E-state index in [2.05, 4.69) is 43.2 Å². The van der Waals surface area contributed by atoms with Gasteiger partial charge in [-0.15, -0.1) is 11.3 Å². The molecule has 0 radical (unpaired) electrons. The lowest BCUT2D eigenvalue weighted by Gasteiger charge is -2.19. The highest BCUT2D eigenvalue weighted by molar-refractivity contribution is 7.14. The number of hydrogen-bond donors (Lipinski definition) is 1. The minimum Gasteiger partial charge on any atom is -0.302 e. The van der Waals surface area contributed by atoms with Gasteiger partial charge in [0.05, 0.1) is 17.5 Å². The first-order valence-electron chi connectivity index (χ1n) is 10.5. The van der Waals surface area contributed by atoms with E-state index in [4.69, 9.17) is 0 Å². The normalized spacial score (nSPS) is 21.1. The largest absolute Gasteiger partial charge is 0.302 e. The Hall–Kier alpha value is -2.54. The Morgan fingerprint density at radius 3 is 2.30 bits per heavy atom. The van der Waals surface area contributed by atoms with Crippen LogP contribution < -0.4 is 5.32 Å². The summed E-state index contributed by atoms with van der Waals surface area (Å²) in [4.78, 5) is 43.4. The van der Waals surface area contributed by atoms with Gasteiger partial charge >= 0.3 is 0 Å². The van der Waals surface area contributed by atoms with Gasteiger partial charge in [0.1, 0.15) is 0 Å². The van der Waals surface area contributed by atoms with Gasteiger partial charge in [0.2, 0.25) is 17.7 Å². The molecule has 6 nitrogen and oxygen atoms in total. The molecule has 30 heavy (non-hydrogen) atoms. The fourth-order valence-corrected chi connectivity index (χ4v) is 5.59. The van der Waals surface area contributed by atoms with Crippen molar-refractivity contribution in [2.75, 3.05) is 11.9 Å². The molecular weight excluding hydrogens is 398 g/mol. The maximum atomic E-state index is 12.5. The minimum atomic E-state index is -0.233. The van der Waals surface area contributed by atoms with Crippen molar-refractivity contribution in [3.05, 3.63) is 34.2 Å². The number of likely N-dealkylation sites (tertiary alicyclic amines) is 1. The van der Waals surface area contributed by atoms with Crippen LogP contribution in [0.2, 0.25) is 0 Å². The zero-order valence-electron chi connectivity index (χ0n) is 17.7. The van der Waals surface area contributed by atoms with E-state index in [0.29, 0.717) is 5.13 Å². The lowest BCUT2D eigenvalue weighted by Crippen LogP contribution is -2.34. The molecule has 0 bridgehead atoms. The summed E-state index contributed by atoms with van der Waals surface area (Å²) in [5, 5.41) is 5.29. The number of carbonyl (C=O) groups is 3. The third-order valence-electron chi connectivity index (χ3n) is 6.18. The highest BCUT2D eigenvalue weighted by Crippen LogP contribution is 2.38. The Morgan fingerprint density at radius 1 is 1.10 bits per heavy atom. The third-order valence-corrected chi connectivity index (χ3v) is 6.94. The molecule has 2 unspecified atom stereocenters. The summed E-state index contributed by atoms with van der Waals surface area (Å²) in [5.74, 6) is -0.768. The van der Waals surface area contributed by atoms with E-state index in [-0.39, 0.29) is 42.5 Å². The third kappa shape index (κ3) is 3.90. The zero-order valence-corrected chi connectivity index (χ0v) is 18.5. The molecule has 2 atom stereocenters. The summed E-state index contributed by atoms with van der Waals surface area (Å²) in [6, 6.07) is 4.25. The number of hydrogen-bond acceptors (Lipinski definition) is 5. The number of benzene rings is 1.